The van der Waals surface area contributed by atoms with Crippen molar-refractivity contribution in [3.8, 4) is 0 Å². The van der Waals surface area contributed by atoms with E-state index in [2.05, 4.69) is 10.6 Å². The largest absolute Gasteiger partial charge is 0.441 e. The van der Waals surface area contributed by atoms with Crippen molar-refractivity contribution >= 4 is 17.8 Å². The molecule has 2 aliphatic heterocycles. The van der Waals surface area contributed by atoms with Gasteiger partial charge in [0.05, 0.1) is 6.54 Å². The molecular weight excluding hydrogens is 258 g/mol. The smallest absolute Gasteiger partial charge is 0.407 e. The highest BCUT2D eigenvalue weighted by atomic mass is 16.6. The molecule has 106 valence electrons. The molecule has 0 radical (unpaired) electrons. The maximum absolute atomic E-state index is 12.1. The van der Waals surface area contributed by atoms with E-state index in [0.29, 0.717) is 32.5 Å². The van der Waals surface area contributed by atoms with E-state index < -0.39 is 5.60 Å². The molecule has 2 heterocycles. The number of para-hydroxylation sites is 1. The molecule has 2 aliphatic rings. The first-order chi connectivity index (χ1) is 9.67. The Kier molecular flexibility index (Phi) is 3.22. The molecule has 1 aromatic carbocycles. The minimum Gasteiger partial charge on any atom is -0.441 e. The molecular formula is C14H17N3O3. The van der Waals surface area contributed by atoms with Crippen LogP contribution in [0.5, 0.6) is 0 Å². The van der Waals surface area contributed by atoms with Crippen molar-refractivity contribution in [2.75, 3.05) is 25.0 Å². The summed E-state index contributed by atoms with van der Waals surface area (Å²) in [6.07, 6.45) is 0.995. The van der Waals surface area contributed by atoms with Gasteiger partial charge in [0.15, 0.2) is 0 Å². The molecule has 2 saturated heterocycles. The van der Waals surface area contributed by atoms with E-state index in [1.807, 2.05) is 30.3 Å². The summed E-state index contributed by atoms with van der Waals surface area (Å²) >= 11 is 0. The molecule has 0 unspecified atom stereocenters. The first kappa shape index (κ1) is 12.8. The Morgan fingerprint density at radius 2 is 1.95 bits per heavy atom. The van der Waals surface area contributed by atoms with E-state index >= 15 is 0 Å². The molecule has 1 spiro atoms. The average Bonchev–Trinajstić information content (AvgIpc) is 2.81. The summed E-state index contributed by atoms with van der Waals surface area (Å²) in [7, 11) is 0. The molecule has 1 aromatic rings. The standard InChI is InChI=1S/C14H17N3O3/c18-12(16-11-4-2-1-3-5-11)17-8-6-14(7-9-17)10-15-13(19)20-14/h1-5H,6-10H2,(H,15,19)(H,16,18). The van der Waals surface area contributed by atoms with Crippen LogP contribution in [-0.4, -0.2) is 42.3 Å². The molecule has 0 atom stereocenters. The number of anilines is 1. The summed E-state index contributed by atoms with van der Waals surface area (Å²) in [5, 5.41) is 5.55. The number of ether oxygens (including phenoxy) is 1. The van der Waals surface area contributed by atoms with Crippen molar-refractivity contribution in [1.82, 2.24) is 10.2 Å². The number of likely N-dealkylation sites (tertiary alicyclic amines) is 1. The highest BCUT2D eigenvalue weighted by Crippen LogP contribution is 2.29. The molecule has 0 bridgehead atoms. The van der Waals surface area contributed by atoms with Gasteiger partial charge in [-0.15, -0.1) is 0 Å². The van der Waals surface area contributed by atoms with E-state index in [4.69, 9.17) is 4.74 Å². The Labute approximate surface area is 117 Å². The Morgan fingerprint density at radius 3 is 2.55 bits per heavy atom. The zero-order valence-electron chi connectivity index (χ0n) is 11.1. The van der Waals surface area contributed by atoms with Gasteiger partial charge in [-0.05, 0) is 12.1 Å². The van der Waals surface area contributed by atoms with Crippen molar-refractivity contribution in [3.63, 3.8) is 0 Å². The van der Waals surface area contributed by atoms with Gasteiger partial charge in [-0.3, -0.25) is 0 Å². The second-order valence-corrected chi connectivity index (χ2v) is 5.21. The summed E-state index contributed by atoms with van der Waals surface area (Å²) in [6.45, 7) is 1.72. The maximum atomic E-state index is 12.1. The normalized spacial score (nSPS) is 20.4. The average molecular weight is 275 g/mol. The summed E-state index contributed by atoms with van der Waals surface area (Å²) < 4.78 is 5.33. The van der Waals surface area contributed by atoms with Crippen LogP contribution in [0.2, 0.25) is 0 Å². The number of piperidine rings is 1. The van der Waals surface area contributed by atoms with Crippen molar-refractivity contribution < 1.29 is 14.3 Å². The number of alkyl carbamates (subject to hydrolysis) is 1. The van der Waals surface area contributed by atoms with Crippen LogP contribution in [0.4, 0.5) is 15.3 Å². The topological polar surface area (TPSA) is 70.7 Å². The summed E-state index contributed by atoms with van der Waals surface area (Å²) in [5.41, 5.74) is 0.368. The molecule has 0 saturated carbocycles. The minimum atomic E-state index is -0.416. The van der Waals surface area contributed by atoms with Gasteiger partial charge in [0.2, 0.25) is 0 Å². The van der Waals surface area contributed by atoms with Crippen LogP contribution in [0.3, 0.4) is 0 Å². The lowest BCUT2D eigenvalue weighted by molar-refractivity contribution is 0.0110. The van der Waals surface area contributed by atoms with E-state index in [-0.39, 0.29) is 12.1 Å². The van der Waals surface area contributed by atoms with Crippen molar-refractivity contribution in [1.29, 1.82) is 0 Å². The number of nitrogens with zero attached hydrogens (tertiary/aromatic N) is 1. The van der Waals surface area contributed by atoms with Gasteiger partial charge in [-0.1, -0.05) is 18.2 Å². The number of benzene rings is 1. The van der Waals surface area contributed by atoms with Gasteiger partial charge in [-0.2, -0.15) is 0 Å². The molecule has 20 heavy (non-hydrogen) atoms. The predicted octanol–water partition coefficient (Wildman–Crippen LogP) is 1.79. The van der Waals surface area contributed by atoms with Crippen LogP contribution in [0, 0.1) is 0 Å². The molecule has 0 aliphatic carbocycles. The Bertz CT molecular complexity index is 510. The number of hydrogen-bond donors (Lipinski definition) is 2. The molecule has 3 amide bonds. The molecule has 3 rings (SSSR count). The quantitative estimate of drug-likeness (QED) is 0.821. The number of urea groups is 1. The van der Waals surface area contributed by atoms with Gasteiger partial charge < -0.3 is 20.3 Å². The lowest BCUT2D eigenvalue weighted by atomic mass is 9.92. The Morgan fingerprint density at radius 1 is 1.25 bits per heavy atom. The third-order valence-electron chi connectivity index (χ3n) is 3.85. The fraction of sp³-hybridized carbons (Fsp3) is 0.429. The zero-order valence-corrected chi connectivity index (χ0v) is 11.1. The number of carbonyl (C=O) groups is 2. The monoisotopic (exact) mass is 275 g/mol. The van der Waals surface area contributed by atoms with Crippen LogP contribution in [0.25, 0.3) is 0 Å². The molecule has 6 heteroatoms. The molecule has 0 aromatic heterocycles. The van der Waals surface area contributed by atoms with E-state index in [9.17, 15) is 9.59 Å². The second kappa shape index (κ2) is 5.03. The number of hydrogen-bond acceptors (Lipinski definition) is 3. The Balaban J connectivity index is 1.55. The number of carbonyl (C=O) groups excluding carboxylic acids is 2. The van der Waals surface area contributed by atoms with Crippen LogP contribution in [-0.2, 0) is 4.74 Å². The van der Waals surface area contributed by atoms with Gasteiger partial charge in [0, 0.05) is 31.6 Å². The van der Waals surface area contributed by atoms with Crippen molar-refractivity contribution in [3.05, 3.63) is 30.3 Å². The second-order valence-electron chi connectivity index (χ2n) is 5.21. The fourth-order valence-corrected chi connectivity index (χ4v) is 2.62. The molecule has 2 N–H and O–H groups in total. The third kappa shape index (κ3) is 2.54. The SMILES string of the molecule is O=C1NCC2(CCN(C(=O)Nc3ccccc3)CC2)O1. The third-order valence-corrected chi connectivity index (χ3v) is 3.85. The van der Waals surface area contributed by atoms with Crippen LogP contribution < -0.4 is 10.6 Å². The van der Waals surface area contributed by atoms with E-state index in [1.165, 1.54) is 0 Å². The first-order valence-electron chi connectivity index (χ1n) is 6.75. The van der Waals surface area contributed by atoms with Gasteiger partial charge >= 0.3 is 12.1 Å². The van der Waals surface area contributed by atoms with Crippen LogP contribution in [0.1, 0.15) is 12.8 Å². The lowest BCUT2D eigenvalue weighted by Gasteiger charge is -2.37. The lowest BCUT2D eigenvalue weighted by Crippen LogP contribution is -2.49. The minimum absolute atomic E-state index is 0.108. The highest BCUT2D eigenvalue weighted by Gasteiger charge is 2.43. The molecule has 6 nitrogen and oxygen atoms in total. The van der Waals surface area contributed by atoms with E-state index in [1.54, 1.807) is 4.90 Å². The van der Waals surface area contributed by atoms with Gasteiger partial charge in [-0.25, -0.2) is 9.59 Å². The summed E-state index contributed by atoms with van der Waals surface area (Å²) in [6, 6.07) is 9.26. The first-order valence-corrected chi connectivity index (χ1v) is 6.75. The van der Waals surface area contributed by atoms with Crippen molar-refractivity contribution in [2.24, 2.45) is 0 Å². The number of nitrogens with one attached hydrogen (secondary N) is 2. The van der Waals surface area contributed by atoms with Crippen LogP contribution in [0.15, 0.2) is 30.3 Å². The van der Waals surface area contributed by atoms with Crippen LogP contribution >= 0.6 is 0 Å². The van der Waals surface area contributed by atoms with Crippen molar-refractivity contribution in [2.45, 2.75) is 18.4 Å². The number of rotatable bonds is 1. The summed E-state index contributed by atoms with van der Waals surface area (Å²) in [5.74, 6) is 0. The highest BCUT2D eigenvalue weighted by molar-refractivity contribution is 5.89. The fourth-order valence-electron chi connectivity index (χ4n) is 2.62. The molecule has 2 fully saturated rings. The maximum Gasteiger partial charge on any atom is 0.407 e. The van der Waals surface area contributed by atoms with E-state index in [0.717, 1.165) is 5.69 Å². The van der Waals surface area contributed by atoms with Gasteiger partial charge in [0.1, 0.15) is 5.60 Å². The Hall–Kier alpha value is -2.24. The number of amides is 3. The van der Waals surface area contributed by atoms with Gasteiger partial charge in [0.25, 0.3) is 0 Å². The predicted molar refractivity (Wildman–Crippen MR) is 73.5 cm³/mol. The zero-order chi connectivity index (χ0) is 14.0. The summed E-state index contributed by atoms with van der Waals surface area (Å²) in [4.78, 5) is 25.0.